The van der Waals surface area contributed by atoms with Crippen LogP contribution in [-0.4, -0.2) is 18.0 Å². The summed E-state index contributed by atoms with van der Waals surface area (Å²) < 4.78 is 15.7. The number of hydrogen-bond acceptors (Lipinski definition) is 3. The van der Waals surface area contributed by atoms with Crippen molar-refractivity contribution in [3.8, 4) is 0 Å². The zero-order valence-corrected chi connectivity index (χ0v) is 7.84. The lowest BCUT2D eigenvalue weighted by Crippen LogP contribution is -1.99. The molecule has 0 heterocycles. The van der Waals surface area contributed by atoms with Crippen LogP contribution < -0.4 is 5.32 Å². The van der Waals surface area contributed by atoms with Crippen LogP contribution in [-0.2, 0) is 9.09 Å². The summed E-state index contributed by atoms with van der Waals surface area (Å²) in [6.07, 6.45) is 1.13. The smallest absolute Gasteiger partial charge is 0.353 e. The highest BCUT2D eigenvalue weighted by Crippen LogP contribution is 2.44. The van der Waals surface area contributed by atoms with Gasteiger partial charge in [0.1, 0.15) is 0 Å². The topological polar surface area (TPSA) is 58.6 Å². The molecular weight excluding hydrogens is 165 g/mol. The van der Waals surface area contributed by atoms with Gasteiger partial charge in [-0.3, -0.25) is 4.57 Å². The van der Waals surface area contributed by atoms with Crippen LogP contribution >= 0.6 is 7.60 Å². The second-order valence-corrected chi connectivity index (χ2v) is 3.96. The molecule has 1 unspecified atom stereocenters. The monoisotopic (exact) mass is 179 g/mol. The van der Waals surface area contributed by atoms with Gasteiger partial charge in [0.25, 0.3) is 0 Å². The van der Waals surface area contributed by atoms with Crippen LogP contribution in [0.2, 0.25) is 0 Å². The van der Waals surface area contributed by atoms with E-state index in [4.69, 9.17) is 9.42 Å². The Hall–Kier alpha value is -0.310. The van der Waals surface area contributed by atoms with Crippen molar-refractivity contribution in [1.82, 2.24) is 5.32 Å². The lowest BCUT2D eigenvalue weighted by molar-refractivity contribution is 0.211. The van der Waals surface area contributed by atoms with Gasteiger partial charge >= 0.3 is 7.60 Å². The number of rotatable bonds is 4. The fourth-order valence-corrected chi connectivity index (χ4v) is 1.52. The van der Waals surface area contributed by atoms with E-state index in [-0.39, 0.29) is 6.10 Å². The minimum atomic E-state index is -3.51. The predicted molar refractivity (Wildman–Crippen MR) is 44.2 cm³/mol. The van der Waals surface area contributed by atoms with E-state index in [0.29, 0.717) is 0 Å². The molecule has 5 heteroatoms. The first-order valence-corrected chi connectivity index (χ1v) is 4.98. The zero-order chi connectivity index (χ0) is 8.91. The molecule has 0 saturated heterocycles. The van der Waals surface area contributed by atoms with Gasteiger partial charge in [-0.1, -0.05) is 0 Å². The third kappa shape index (κ3) is 6.10. The summed E-state index contributed by atoms with van der Waals surface area (Å²) in [4.78, 5) is 9.02. The Morgan fingerprint density at radius 2 is 2.18 bits per heavy atom. The molecule has 0 rings (SSSR count). The summed E-state index contributed by atoms with van der Waals surface area (Å²) in [6.45, 7) is 3.41. The summed E-state index contributed by atoms with van der Waals surface area (Å²) in [7, 11) is -1.86. The normalized spacial score (nSPS) is 17.2. The molecule has 0 aromatic heterocycles. The van der Waals surface area contributed by atoms with Crippen molar-refractivity contribution >= 4 is 7.60 Å². The van der Waals surface area contributed by atoms with Crippen LogP contribution in [0.5, 0.6) is 0 Å². The molecule has 1 atom stereocenters. The van der Waals surface area contributed by atoms with Gasteiger partial charge < -0.3 is 14.7 Å². The predicted octanol–water partition coefficient (Wildman–Crippen LogP) is 1.29. The first kappa shape index (κ1) is 10.7. The van der Waals surface area contributed by atoms with Crippen molar-refractivity contribution in [1.29, 1.82) is 0 Å². The average Bonchev–Trinajstić information content (AvgIpc) is 1.81. The largest absolute Gasteiger partial charge is 0.394 e. The van der Waals surface area contributed by atoms with Crippen LogP contribution in [0.1, 0.15) is 13.8 Å². The molecule has 66 valence electrons. The van der Waals surface area contributed by atoms with Crippen LogP contribution in [0.3, 0.4) is 0 Å². The van der Waals surface area contributed by atoms with Crippen molar-refractivity contribution in [3.05, 3.63) is 12.0 Å². The third-order valence-electron chi connectivity index (χ3n) is 0.791. The molecule has 0 aliphatic carbocycles. The van der Waals surface area contributed by atoms with Crippen molar-refractivity contribution in [2.75, 3.05) is 7.05 Å². The molecule has 0 aromatic rings. The van der Waals surface area contributed by atoms with E-state index in [1.807, 2.05) is 0 Å². The van der Waals surface area contributed by atoms with Crippen molar-refractivity contribution in [2.45, 2.75) is 20.0 Å². The van der Waals surface area contributed by atoms with Crippen LogP contribution in [0.25, 0.3) is 0 Å². The molecule has 0 aliphatic heterocycles. The molecule has 0 saturated carbocycles. The Bertz CT molecular complexity index is 179. The number of hydrogen-bond donors (Lipinski definition) is 2. The molecular formula is C6H14NO3P. The summed E-state index contributed by atoms with van der Waals surface area (Å²) in [5, 5.41) is 2.60. The molecule has 0 bridgehead atoms. The second kappa shape index (κ2) is 4.54. The fourth-order valence-electron chi connectivity index (χ4n) is 0.506. The summed E-state index contributed by atoms with van der Waals surface area (Å²) in [5.41, 5.74) is 0. The molecule has 11 heavy (non-hydrogen) atoms. The van der Waals surface area contributed by atoms with E-state index in [2.05, 4.69) is 5.32 Å². The van der Waals surface area contributed by atoms with E-state index in [0.717, 1.165) is 5.82 Å². The fraction of sp³-hybridized carbons (Fsp3) is 0.667. The van der Waals surface area contributed by atoms with Crippen molar-refractivity contribution < 1.29 is 14.0 Å². The maximum atomic E-state index is 11.0. The van der Waals surface area contributed by atoms with Crippen LogP contribution in [0, 0.1) is 0 Å². The Morgan fingerprint density at radius 1 is 1.64 bits per heavy atom. The SMILES string of the molecule is CN/C=C/P(=O)(O)OC(C)C. The van der Waals surface area contributed by atoms with Crippen LogP contribution in [0.15, 0.2) is 12.0 Å². The highest BCUT2D eigenvalue weighted by Gasteiger charge is 2.15. The van der Waals surface area contributed by atoms with Crippen molar-refractivity contribution in [2.24, 2.45) is 0 Å². The standard InChI is InChI=1S/C6H14NO3P/c1-6(2)10-11(8,9)5-4-7-3/h4-7H,1-3H3,(H,8,9)/b5-4+. The molecule has 0 spiro atoms. The zero-order valence-electron chi connectivity index (χ0n) is 6.94. The van der Waals surface area contributed by atoms with Crippen LogP contribution in [0.4, 0.5) is 0 Å². The maximum Gasteiger partial charge on any atom is 0.353 e. The molecule has 0 aromatic carbocycles. The molecule has 4 nitrogen and oxygen atoms in total. The van der Waals surface area contributed by atoms with Crippen molar-refractivity contribution in [3.63, 3.8) is 0 Å². The first-order valence-electron chi connectivity index (χ1n) is 3.34. The van der Waals surface area contributed by atoms with Gasteiger partial charge in [0.15, 0.2) is 0 Å². The first-order chi connectivity index (χ1) is 4.98. The summed E-state index contributed by atoms with van der Waals surface area (Å²) in [5.74, 6) is 1.12. The summed E-state index contributed by atoms with van der Waals surface area (Å²) in [6, 6.07) is 0. The van der Waals surface area contributed by atoms with E-state index in [1.54, 1.807) is 20.9 Å². The van der Waals surface area contributed by atoms with Gasteiger partial charge in [-0.15, -0.1) is 0 Å². The van der Waals surface area contributed by atoms with Gasteiger partial charge in [0, 0.05) is 19.1 Å². The Morgan fingerprint density at radius 3 is 2.55 bits per heavy atom. The maximum absolute atomic E-state index is 11.0. The molecule has 0 aliphatic rings. The van der Waals surface area contributed by atoms with Gasteiger partial charge in [-0.05, 0) is 13.8 Å². The highest BCUT2D eigenvalue weighted by molar-refractivity contribution is 7.56. The lowest BCUT2D eigenvalue weighted by Gasteiger charge is -2.10. The van der Waals surface area contributed by atoms with Gasteiger partial charge in [-0.25, -0.2) is 0 Å². The average molecular weight is 179 g/mol. The quantitative estimate of drug-likeness (QED) is 0.638. The van der Waals surface area contributed by atoms with E-state index >= 15 is 0 Å². The lowest BCUT2D eigenvalue weighted by atomic mass is 10.5. The van der Waals surface area contributed by atoms with E-state index < -0.39 is 7.60 Å². The molecule has 0 fully saturated rings. The Balaban J connectivity index is 4.01. The van der Waals surface area contributed by atoms with E-state index in [1.165, 1.54) is 6.20 Å². The Kier molecular flexibility index (Phi) is 4.42. The number of nitrogens with one attached hydrogen (secondary N) is 1. The highest BCUT2D eigenvalue weighted by atomic mass is 31.2. The van der Waals surface area contributed by atoms with Gasteiger partial charge in [0.05, 0.1) is 6.10 Å². The van der Waals surface area contributed by atoms with E-state index in [9.17, 15) is 4.57 Å². The molecule has 0 radical (unpaired) electrons. The third-order valence-corrected chi connectivity index (χ3v) is 2.04. The second-order valence-electron chi connectivity index (χ2n) is 2.32. The minimum Gasteiger partial charge on any atom is -0.394 e. The molecule has 2 N–H and O–H groups in total. The Labute approximate surface area is 66.8 Å². The summed E-state index contributed by atoms with van der Waals surface area (Å²) >= 11 is 0. The van der Waals surface area contributed by atoms with Gasteiger partial charge in [-0.2, -0.15) is 0 Å². The molecule has 0 amide bonds. The minimum absolute atomic E-state index is 0.243. The van der Waals surface area contributed by atoms with Gasteiger partial charge in [0.2, 0.25) is 0 Å².